The lowest BCUT2D eigenvalue weighted by Crippen LogP contribution is -2.26. The van der Waals surface area contributed by atoms with Crippen LogP contribution in [0.4, 0.5) is 4.39 Å². The van der Waals surface area contributed by atoms with E-state index in [4.69, 9.17) is 19.9 Å². The summed E-state index contributed by atoms with van der Waals surface area (Å²) in [6, 6.07) is 4.14. The number of hydrogen-bond donors (Lipinski definition) is 1. The Labute approximate surface area is 110 Å². The lowest BCUT2D eigenvalue weighted by atomic mass is 10.2. The predicted molar refractivity (Wildman–Crippen MR) is 65.3 cm³/mol. The summed E-state index contributed by atoms with van der Waals surface area (Å²) in [5, 5.41) is 0. The molecule has 19 heavy (non-hydrogen) atoms. The quantitative estimate of drug-likeness (QED) is 0.878. The largest absolute Gasteiger partial charge is 0.492 e. The summed E-state index contributed by atoms with van der Waals surface area (Å²) in [5.74, 6) is -1.39. The molecule has 1 aromatic carbocycles. The molecule has 1 amide bonds. The van der Waals surface area contributed by atoms with Crippen LogP contribution >= 0.6 is 0 Å². The first-order chi connectivity index (χ1) is 9.18. The molecule has 1 aliphatic rings. The first-order valence-corrected chi connectivity index (χ1v) is 6.13. The molecule has 0 aliphatic carbocycles. The summed E-state index contributed by atoms with van der Waals surface area (Å²) in [4.78, 5) is 11.2. The van der Waals surface area contributed by atoms with Gasteiger partial charge >= 0.3 is 0 Å². The summed E-state index contributed by atoms with van der Waals surface area (Å²) in [7, 11) is 0. The second-order valence-corrected chi connectivity index (χ2v) is 4.14. The van der Waals surface area contributed by atoms with E-state index in [9.17, 15) is 9.18 Å². The predicted octanol–water partition coefficient (Wildman–Crippen LogP) is 1.46. The molecule has 6 heteroatoms. The van der Waals surface area contributed by atoms with Crippen LogP contribution in [-0.4, -0.2) is 32.0 Å². The number of rotatable bonds is 5. The van der Waals surface area contributed by atoms with E-state index in [0.717, 1.165) is 6.42 Å². The highest BCUT2D eigenvalue weighted by atomic mass is 19.1. The molecule has 0 unspecified atom stereocenters. The van der Waals surface area contributed by atoms with Gasteiger partial charge in [0.15, 0.2) is 6.29 Å². The maximum Gasteiger partial charge on any atom is 0.255 e. The van der Waals surface area contributed by atoms with Crippen molar-refractivity contribution in [3.63, 3.8) is 0 Å². The van der Waals surface area contributed by atoms with E-state index in [1.807, 2.05) is 0 Å². The van der Waals surface area contributed by atoms with Crippen LogP contribution in [0.5, 0.6) is 5.75 Å². The van der Waals surface area contributed by atoms with Crippen LogP contribution in [-0.2, 0) is 9.47 Å². The SMILES string of the molecule is NC(=O)c1c(F)cccc1OCCC1OCCCO1. The van der Waals surface area contributed by atoms with Gasteiger partial charge in [-0.15, -0.1) is 0 Å². The summed E-state index contributed by atoms with van der Waals surface area (Å²) in [5.41, 5.74) is 4.89. The number of ether oxygens (including phenoxy) is 3. The number of carbonyl (C=O) groups excluding carboxylic acids is 1. The van der Waals surface area contributed by atoms with Crippen molar-refractivity contribution in [3.05, 3.63) is 29.6 Å². The van der Waals surface area contributed by atoms with E-state index in [1.165, 1.54) is 18.2 Å². The van der Waals surface area contributed by atoms with Crippen molar-refractivity contribution in [2.24, 2.45) is 5.73 Å². The Morgan fingerprint density at radius 2 is 2.16 bits per heavy atom. The van der Waals surface area contributed by atoms with Crippen molar-refractivity contribution >= 4 is 5.91 Å². The third kappa shape index (κ3) is 3.65. The molecule has 2 rings (SSSR count). The van der Waals surface area contributed by atoms with Gasteiger partial charge in [-0.05, 0) is 18.6 Å². The average Bonchev–Trinajstić information content (AvgIpc) is 2.39. The first-order valence-electron chi connectivity index (χ1n) is 6.13. The standard InChI is InChI=1S/C13H16FNO4/c14-9-3-1-4-10(12(9)13(15)16)17-8-5-11-18-6-2-7-19-11/h1,3-4,11H,2,5-8H2,(H2,15,16). The molecule has 1 saturated heterocycles. The second-order valence-electron chi connectivity index (χ2n) is 4.14. The van der Waals surface area contributed by atoms with E-state index >= 15 is 0 Å². The van der Waals surface area contributed by atoms with Gasteiger partial charge in [-0.3, -0.25) is 4.79 Å². The summed E-state index contributed by atoms with van der Waals surface area (Å²) in [6.07, 6.45) is 1.08. The molecule has 0 radical (unpaired) electrons. The molecule has 1 aliphatic heterocycles. The molecule has 0 saturated carbocycles. The van der Waals surface area contributed by atoms with Gasteiger partial charge in [0, 0.05) is 6.42 Å². The van der Waals surface area contributed by atoms with Crippen LogP contribution in [0.25, 0.3) is 0 Å². The monoisotopic (exact) mass is 269 g/mol. The normalized spacial score (nSPS) is 16.3. The van der Waals surface area contributed by atoms with Gasteiger partial charge in [0.1, 0.15) is 17.1 Å². The van der Waals surface area contributed by atoms with E-state index in [-0.39, 0.29) is 24.2 Å². The van der Waals surface area contributed by atoms with Crippen molar-refractivity contribution in [2.75, 3.05) is 19.8 Å². The number of hydrogen-bond acceptors (Lipinski definition) is 4. The van der Waals surface area contributed by atoms with Gasteiger partial charge in [-0.2, -0.15) is 0 Å². The van der Waals surface area contributed by atoms with Gasteiger partial charge in [0.05, 0.1) is 19.8 Å². The molecule has 0 bridgehead atoms. The summed E-state index contributed by atoms with van der Waals surface area (Å²) in [6.45, 7) is 1.59. The molecule has 0 spiro atoms. The number of benzene rings is 1. The summed E-state index contributed by atoms with van der Waals surface area (Å²) < 4.78 is 29.5. The zero-order valence-electron chi connectivity index (χ0n) is 10.4. The Hall–Kier alpha value is -1.66. The van der Waals surface area contributed by atoms with Crippen LogP contribution in [0.15, 0.2) is 18.2 Å². The third-order valence-electron chi connectivity index (χ3n) is 2.73. The molecule has 0 atom stereocenters. The average molecular weight is 269 g/mol. The van der Waals surface area contributed by atoms with Crippen molar-refractivity contribution in [1.82, 2.24) is 0 Å². The number of amides is 1. The Bertz CT molecular complexity index is 446. The molecule has 0 aromatic heterocycles. The minimum absolute atomic E-state index is 0.142. The third-order valence-corrected chi connectivity index (χ3v) is 2.73. The molecular weight excluding hydrogens is 253 g/mol. The fraction of sp³-hybridized carbons (Fsp3) is 0.462. The van der Waals surface area contributed by atoms with Crippen LogP contribution in [0.3, 0.4) is 0 Å². The van der Waals surface area contributed by atoms with Gasteiger partial charge in [0.25, 0.3) is 5.91 Å². The van der Waals surface area contributed by atoms with Crippen molar-refractivity contribution < 1.29 is 23.4 Å². The lowest BCUT2D eigenvalue weighted by molar-refractivity contribution is -0.183. The highest BCUT2D eigenvalue weighted by molar-refractivity contribution is 5.95. The smallest absolute Gasteiger partial charge is 0.255 e. The van der Waals surface area contributed by atoms with Gasteiger partial charge < -0.3 is 19.9 Å². The van der Waals surface area contributed by atoms with Gasteiger partial charge in [-0.25, -0.2) is 4.39 Å². The van der Waals surface area contributed by atoms with E-state index in [1.54, 1.807) is 0 Å². The maximum absolute atomic E-state index is 13.5. The molecular formula is C13H16FNO4. The van der Waals surface area contributed by atoms with E-state index in [0.29, 0.717) is 19.6 Å². The zero-order chi connectivity index (χ0) is 13.7. The summed E-state index contributed by atoms with van der Waals surface area (Å²) >= 11 is 0. The topological polar surface area (TPSA) is 70.8 Å². The Balaban J connectivity index is 1.92. The molecule has 5 nitrogen and oxygen atoms in total. The minimum atomic E-state index is -0.849. The van der Waals surface area contributed by atoms with Crippen LogP contribution in [0, 0.1) is 5.82 Å². The number of carbonyl (C=O) groups is 1. The van der Waals surface area contributed by atoms with Crippen LogP contribution < -0.4 is 10.5 Å². The molecule has 2 N–H and O–H groups in total. The minimum Gasteiger partial charge on any atom is -0.492 e. The second kappa shape index (κ2) is 6.49. The highest BCUT2D eigenvalue weighted by Crippen LogP contribution is 2.21. The highest BCUT2D eigenvalue weighted by Gasteiger charge is 2.17. The Kier molecular flexibility index (Phi) is 4.70. The van der Waals surface area contributed by atoms with E-state index < -0.39 is 11.7 Å². The Morgan fingerprint density at radius 3 is 2.84 bits per heavy atom. The van der Waals surface area contributed by atoms with Crippen LogP contribution in [0.2, 0.25) is 0 Å². The molecule has 1 heterocycles. The number of primary amides is 1. The molecule has 1 fully saturated rings. The molecule has 1 aromatic rings. The van der Waals surface area contributed by atoms with Crippen LogP contribution in [0.1, 0.15) is 23.2 Å². The van der Waals surface area contributed by atoms with Crippen molar-refractivity contribution in [1.29, 1.82) is 0 Å². The fourth-order valence-electron chi connectivity index (χ4n) is 1.83. The maximum atomic E-state index is 13.5. The van der Waals surface area contributed by atoms with Crippen molar-refractivity contribution in [2.45, 2.75) is 19.1 Å². The fourth-order valence-corrected chi connectivity index (χ4v) is 1.83. The van der Waals surface area contributed by atoms with E-state index in [2.05, 4.69) is 0 Å². The molecule has 104 valence electrons. The number of nitrogens with two attached hydrogens (primary N) is 1. The van der Waals surface area contributed by atoms with Gasteiger partial charge in [0.2, 0.25) is 0 Å². The van der Waals surface area contributed by atoms with Gasteiger partial charge in [-0.1, -0.05) is 6.07 Å². The zero-order valence-corrected chi connectivity index (χ0v) is 10.4. The lowest BCUT2D eigenvalue weighted by Gasteiger charge is -2.23. The van der Waals surface area contributed by atoms with Crippen molar-refractivity contribution in [3.8, 4) is 5.75 Å². The number of halogens is 1. The first kappa shape index (κ1) is 13.8. The Morgan fingerprint density at radius 1 is 1.42 bits per heavy atom.